The molecule has 1 fully saturated rings. The maximum Gasteiger partial charge on any atom is 0.433 e. The molecule has 1 saturated heterocycles. The average molecular weight is 726 g/mol. The topological polar surface area (TPSA) is 142 Å². The number of nitrogens with zero attached hydrogens (tertiary/aromatic N) is 2. The Kier molecular flexibility index (Phi) is 12.8. The van der Waals surface area contributed by atoms with E-state index in [-0.39, 0.29) is 25.1 Å². The summed E-state index contributed by atoms with van der Waals surface area (Å²) in [5.41, 5.74) is 1.89. The van der Waals surface area contributed by atoms with Gasteiger partial charge in [0.05, 0.1) is 26.4 Å². The third-order valence-electron chi connectivity index (χ3n) is 8.43. The van der Waals surface area contributed by atoms with Gasteiger partial charge in [-0.05, 0) is 47.7 Å². The van der Waals surface area contributed by atoms with E-state index < -0.39 is 53.1 Å². The predicted molar refractivity (Wildman–Crippen MR) is 186 cm³/mol. The number of nitrogens with one attached hydrogen (secondary N) is 3. The zero-order valence-electron chi connectivity index (χ0n) is 27.6. The van der Waals surface area contributed by atoms with Gasteiger partial charge in [-0.1, -0.05) is 84.9 Å². The number of para-hydroxylation sites is 1. The molecule has 15 heteroatoms. The first kappa shape index (κ1) is 37.4. The van der Waals surface area contributed by atoms with E-state index in [9.17, 15) is 31.5 Å². The number of rotatable bonds is 13. The van der Waals surface area contributed by atoms with Crippen LogP contribution in [-0.4, -0.2) is 70.7 Å². The fourth-order valence-corrected chi connectivity index (χ4v) is 6.47. The highest BCUT2D eigenvalue weighted by Gasteiger charge is 2.35. The number of aromatic nitrogens is 1. The number of anilines is 2. The van der Waals surface area contributed by atoms with Crippen LogP contribution in [0.3, 0.4) is 0 Å². The van der Waals surface area contributed by atoms with E-state index in [2.05, 4.69) is 20.9 Å². The summed E-state index contributed by atoms with van der Waals surface area (Å²) in [5.74, 6) is -1.25. The van der Waals surface area contributed by atoms with E-state index in [0.29, 0.717) is 25.1 Å². The summed E-state index contributed by atoms with van der Waals surface area (Å²) in [6, 6.07) is 27.8. The van der Waals surface area contributed by atoms with E-state index in [1.54, 1.807) is 12.1 Å². The smallest absolute Gasteiger partial charge is 0.433 e. The van der Waals surface area contributed by atoms with E-state index in [4.69, 9.17) is 9.47 Å². The van der Waals surface area contributed by atoms with Crippen molar-refractivity contribution in [3.05, 3.63) is 126 Å². The number of ether oxygens (including phenoxy) is 2. The van der Waals surface area contributed by atoms with Crippen LogP contribution in [0.4, 0.5) is 29.5 Å². The number of halogens is 3. The average Bonchev–Trinajstić information content (AvgIpc) is 3.14. The molecule has 4 aromatic rings. The lowest BCUT2D eigenvalue weighted by Gasteiger charge is -2.33. The second kappa shape index (κ2) is 17.4. The van der Waals surface area contributed by atoms with Gasteiger partial charge in [0, 0.05) is 24.2 Å². The van der Waals surface area contributed by atoms with Crippen LogP contribution in [0.15, 0.2) is 103 Å². The number of methoxy groups -OCH3 is 1. The first-order valence-electron chi connectivity index (χ1n) is 16.1. The van der Waals surface area contributed by atoms with Crippen molar-refractivity contribution in [3.63, 3.8) is 0 Å². The van der Waals surface area contributed by atoms with Gasteiger partial charge in [0.1, 0.15) is 17.6 Å². The molecule has 0 aliphatic carbocycles. The minimum atomic E-state index is -4.70. The van der Waals surface area contributed by atoms with Gasteiger partial charge in [0.2, 0.25) is 5.91 Å². The lowest BCUT2D eigenvalue weighted by Crippen LogP contribution is -2.52. The summed E-state index contributed by atoms with van der Waals surface area (Å²) in [5, 5.41) is 9.00. The summed E-state index contributed by atoms with van der Waals surface area (Å²) < 4.78 is 73.2. The van der Waals surface area contributed by atoms with E-state index in [0.717, 1.165) is 33.1 Å². The highest BCUT2D eigenvalue weighted by atomic mass is 32.2. The number of hydrogen-bond acceptors (Lipinski definition) is 7. The van der Waals surface area contributed by atoms with Crippen molar-refractivity contribution >= 4 is 34.8 Å². The number of amides is 2. The van der Waals surface area contributed by atoms with Gasteiger partial charge in [0.15, 0.2) is 0 Å². The maximum absolute atomic E-state index is 14.0. The minimum Gasteiger partial charge on any atom is -0.453 e. The third kappa shape index (κ3) is 10.1. The molecule has 0 radical (unpaired) electrons. The Labute approximate surface area is 296 Å². The van der Waals surface area contributed by atoms with Gasteiger partial charge in [-0.2, -0.15) is 13.2 Å². The van der Waals surface area contributed by atoms with Crippen molar-refractivity contribution in [2.24, 2.45) is 0 Å². The summed E-state index contributed by atoms with van der Waals surface area (Å²) in [6.45, 7) is 0.395. The van der Waals surface area contributed by atoms with Gasteiger partial charge in [-0.3, -0.25) is 13.7 Å². The fourth-order valence-electron chi connectivity index (χ4n) is 5.90. The normalized spacial score (nSPS) is 17.3. The molecule has 2 heterocycles. The predicted octanol–water partition coefficient (Wildman–Crippen LogP) is 5.53. The van der Waals surface area contributed by atoms with Crippen molar-refractivity contribution in [3.8, 4) is 0 Å². The molecule has 1 aliphatic heterocycles. The Balaban J connectivity index is 1.24. The van der Waals surface area contributed by atoms with Crippen LogP contribution in [0.5, 0.6) is 0 Å². The monoisotopic (exact) mass is 725 g/mol. The number of aryl methyl sites for hydroxylation is 1. The first-order valence-corrected chi connectivity index (χ1v) is 17.2. The van der Waals surface area contributed by atoms with Crippen molar-refractivity contribution < 1.29 is 41.0 Å². The van der Waals surface area contributed by atoms with Crippen LogP contribution in [0, 0.1) is 0 Å². The lowest BCUT2D eigenvalue weighted by atomic mass is 9.84. The molecule has 0 spiro atoms. The molecule has 11 nitrogen and oxygen atoms in total. The molecular weight excluding hydrogens is 687 g/mol. The molecule has 1 unspecified atom stereocenters. The summed E-state index contributed by atoms with van der Waals surface area (Å²) in [6.07, 6.45) is -4.63. The Bertz CT molecular complexity index is 1740. The molecule has 51 heavy (non-hydrogen) atoms. The highest BCUT2D eigenvalue weighted by Crippen LogP contribution is 2.31. The number of alkyl carbamates (subject to hydrolysis) is 1. The van der Waals surface area contributed by atoms with Crippen molar-refractivity contribution in [2.75, 3.05) is 36.4 Å². The number of benzene rings is 3. The van der Waals surface area contributed by atoms with Crippen molar-refractivity contribution in [1.29, 1.82) is 0 Å². The molecule has 2 amide bonds. The van der Waals surface area contributed by atoms with Gasteiger partial charge < -0.3 is 25.4 Å². The van der Waals surface area contributed by atoms with Crippen LogP contribution in [0.25, 0.3) is 0 Å². The second-order valence-corrected chi connectivity index (χ2v) is 12.7. The molecular formula is C36H38F3N5O6S. The standard InChI is InChI=1S/C36H38F3N5O6S/c1-49-35(46)43-33(32(25-12-4-2-5-13-25)26-14-6-3-7-15-26)34(45)41-29-16-9-8-11-24(29)19-20-28-21-40-27(23-50-28)22-44(51(47)48)31-18-10-17-30(42-31)36(37,38)39/h2-18,27-28,32-33,40H,19-23H2,1H3,(H,41,45)(H,43,46)(H,47,48)/t27-,28-,33+/m1/s1. The molecule has 4 atom stereocenters. The largest absolute Gasteiger partial charge is 0.453 e. The van der Waals surface area contributed by atoms with Crippen LogP contribution < -0.4 is 20.3 Å². The number of carbonyl (C=O) groups excluding carboxylic acids is 2. The molecule has 1 aliphatic rings. The number of morpholine rings is 1. The zero-order valence-corrected chi connectivity index (χ0v) is 28.4. The Hall–Kier alpha value is -4.83. The fraction of sp³-hybridized carbons (Fsp3) is 0.306. The van der Waals surface area contributed by atoms with Crippen LogP contribution in [0.1, 0.15) is 34.7 Å². The molecule has 270 valence electrons. The Morgan fingerprint density at radius 1 is 1.00 bits per heavy atom. The molecule has 3 aromatic carbocycles. The van der Waals surface area contributed by atoms with Gasteiger partial charge in [0.25, 0.3) is 11.3 Å². The van der Waals surface area contributed by atoms with E-state index in [1.807, 2.05) is 72.8 Å². The molecule has 0 saturated carbocycles. The molecule has 0 bridgehead atoms. The highest BCUT2D eigenvalue weighted by molar-refractivity contribution is 7.80. The van der Waals surface area contributed by atoms with Gasteiger partial charge in [-0.25, -0.2) is 14.0 Å². The number of carbonyl (C=O) groups is 2. The summed E-state index contributed by atoms with van der Waals surface area (Å²) >= 11 is -2.63. The Morgan fingerprint density at radius 3 is 2.24 bits per heavy atom. The van der Waals surface area contributed by atoms with Crippen LogP contribution >= 0.6 is 0 Å². The number of alkyl halides is 3. The lowest BCUT2D eigenvalue weighted by molar-refractivity contribution is -0.141. The first-order chi connectivity index (χ1) is 24.5. The summed E-state index contributed by atoms with van der Waals surface area (Å²) in [7, 11) is 1.24. The Morgan fingerprint density at radius 2 is 1.65 bits per heavy atom. The number of hydrogen-bond donors (Lipinski definition) is 4. The van der Waals surface area contributed by atoms with Gasteiger partial charge in [-0.15, -0.1) is 0 Å². The third-order valence-corrected chi connectivity index (χ3v) is 9.14. The maximum atomic E-state index is 14.0. The molecule has 5 rings (SSSR count). The van der Waals surface area contributed by atoms with E-state index in [1.165, 1.54) is 13.2 Å². The molecule has 1 aromatic heterocycles. The number of pyridine rings is 1. The van der Waals surface area contributed by atoms with E-state index >= 15 is 0 Å². The van der Waals surface area contributed by atoms with Crippen LogP contribution in [-0.2, 0) is 38.1 Å². The van der Waals surface area contributed by atoms with Crippen LogP contribution in [0.2, 0.25) is 0 Å². The SMILES string of the molecule is COC(=O)N[C@H](C(=O)Nc1ccccc1CC[C@@H]1CN[C@H](CN(c2cccc(C(F)(F)F)n2)S(=O)O)CO1)C(c1ccccc1)c1ccccc1. The minimum absolute atomic E-state index is 0.118. The quantitative estimate of drug-likeness (QED) is 0.132. The van der Waals surface area contributed by atoms with Crippen molar-refractivity contribution in [1.82, 2.24) is 15.6 Å². The zero-order chi connectivity index (χ0) is 36.4. The summed E-state index contributed by atoms with van der Waals surface area (Å²) in [4.78, 5) is 30.1. The molecule has 4 N–H and O–H groups in total. The van der Waals surface area contributed by atoms with Gasteiger partial charge >= 0.3 is 12.3 Å². The van der Waals surface area contributed by atoms with Crippen molar-refractivity contribution in [2.45, 2.75) is 43.1 Å². The second-order valence-electron chi connectivity index (χ2n) is 11.8.